The minimum Gasteiger partial charge on any atom is -0.302 e. The van der Waals surface area contributed by atoms with Crippen LogP contribution < -0.4 is 5.48 Å². The first-order valence-corrected chi connectivity index (χ1v) is 4.10. The molecule has 1 aliphatic carbocycles. The SMILES string of the molecule is [CH2]CONC1CCCCC1. The fourth-order valence-corrected chi connectivity index (χ4v) is 1.40. The Morgan fingerprint density at radius 3 is 2.60 bits per heavy atom. The van der Waals surface area contributed by atoms with Crippen molar-refractivity contribution >= 4 is 0 Å². The van der Waals surface area contributed by atoms with Crippen LogP contribution in [-0.4, -0.2) is 12.6 Å². The molecule has 0 atom stereocenters. The van der Waals surface area contributed by atoms with Gasteiger partial charge in [-0.15, -0.1) is 0 Å². The number of hydroxylamine groups is 1. The predicted octanol–water partition coefficient (Wildman–Crippen LogP) is 1.67. The topological polar surface area (TPSA) is 21.3 Å². The summed E-state index contributed by atoms with van der Waals surface area (Å²) in [6.07, 6.45) is 6.61. The van der Waals surface area contributed by atoms with Gasteiger partial charge in [-0.1, -0.05) is 19.3 Å². The van der Waals surface area contributed by atoms with Gasteiger partial charge in [0.25, 0.3) is 0 Å². The Morgan fingerprint density at radius 1 is 1.30 bits per heavy atom. The number of hydrogen-bond acceptors (Lipinski definition) is 2. The van der Waals surface area contributed by atoms with E-state index in [0.29, 0.717) is 12.6 Å². The zero-order valence-corrected chi connectivity index (χ0v) is 6.44. The van der Waals surface area contributed by atoms with E-state index in [4.69, 9.17) is 4.84 Å². The summed E-state index contributed by atoms with van der Waals surface area (Å²) >= 11 is 0. The highest BCUT2D eigenvalue weighted by atomic mass is 16.6. The maximum Gasteiger partial charge on any atom is 0.0683 e. The molecular formula is C8H16NO. The monoisotopic (exact) mass is 142 g/mol. The normalized spacial score (nSPS) is 21.3. The second-order valence-electron chi connectivity index (χ2n) is 2.80. The molecule has 1 aliphatic rings. The Balaban J connectivity index is 2.02. The molecule has 2 nitrogen and oxygen atoms in total. The van der Waals surface area contributed by atoms with E-state index in [9.17, 15) is 0 Å². The molecule has 1 fully saturated rings. The molecule has 0 bridgehead atoms. The van der Waals surface area contributed by atoms with Crippen molar-refractivity contribution in [3.05, 3.63) is 6.92 Å². The minimum absolute atomic E-state index is 0.524. The molecule has 1 radical (unpaired) electrons. The largest absolute Gasteiger partial charge is 0.302 e. The Labute approximate surface area is 62.9 Å². The van der Waals surface area contributed by atoms with Crippen molar-refractivity contribution in [2.24, 2.45) is 0 Å². The zero-order valence-electron chi connectivity index (χ0n) is 6.44. The van der Waals surface area contributed by atoms with Crippen LogP contribution in [0.15, 0.2) is 0 Å². The first-order chi connectivity index (χ1) is 4.93. The standard InChI is InChI=1S/C8H16NO/c1-2-10-9-8-6-4-3-5-7-8/h8-9H,1-7H2. The highest BCUT2D eigenvalue weighted by Gasteiger charge is 2.11. The van der Waals surface area contributed by atoms with Crippen LogP contribution in [0.3, 0.4) is 0 Å². The van der Waals surface area contributed by atoms with Crippen LogP contribution in [0, 0.1) is 6.92 Å². The highest BCUT2D eigenvalue weighted by Crippen LogP contribution is 2.16. The van der Waals surface area contributed by atoms with Gasteiger partial charge in [-0.25, -0.2) is 0 Å². The molecule has 0 aromatic carbocycles. The van der Waals surface area contributed by atoms with Gasteiger partial charge in [0.05, 0.1) is 6.61 Å². The summed E-state index contributed by atoms with van der Waals surface area (Å²) in [5.41, 5.74) is 3.01. The average Bonchev–Trinajstić information content (AvgIpc) is 2.03. The summed E-state index contributed by atoms with van der Waals surface area (Å²) in [6, 6.07) is 0.593. The third kappa shape index (κ3) is 2.67. The maximum atomic E-state index is 5.01. The first-order valence-electron chi connectivity index (χ1n) is 4.10. The van der Waals surface area contributed by atoms with Crippen LogP contribution >= 0.6 is 0 Å². The quantitative estimate of drug-likeness (QED) is 0.605. The molecule has 59 valence electrons. The van der Waals surface area contributed by atoms with Crippen molar-refractivity contribution in [1.29, 1.82) is 0 Å². The van der Waals surface area contributed by atoms with E-state index in [1.807, 2.05) is 0 Å². The van der Waals surface area contributed by atoms with E-state index in [1.54, 1.807) is 0 Å². The lowest BCUT2D eigenvalue weighted by atomic mass is 9.96. The number of rotatable bonds is 3. The molecule has 0 heterocycles. The van der Waals surface area contributed by atoms with Gasteiger partial charge in [-0.2, -0.15) is 5.48 Å². The molecule has 1 saturated carbocycles. The smallest absolute Gasteiger partial charge is 0.0683 e. The van der Waals surface area contributed by atoms with E-state index < -0.39 is 0 Å². The second kappa shape index (κ2) is 4.69. The van der Waals surface area contributed by atoms with Gasteiger partial charge in [0.2, 0.25) is 0 Å². The number of nitrogens with one attached hydrogen (secondary N) is 1. The van der Waals surface area contributed by atoms with Crippen molar-refractivity contribution in [1.82, 2.24) is 5.48 Å². The van der Waals surface area contributed by atoms with Gasteiger partial charge in [-0.3, -0.25) is 0 Å². The van der Waals surface area contributed by atoms with Crippen LogP contribution in [-0.2, 0) is 4.84 Å². The Morgan fingerprint density at radius 2 is 2.00 bits per heavy atom. The highest BCUT2D eigenvalue weighted by molar-refractivity contribution is 4.67. The summed E-state index contributed by atoms with van der Waals surface area (Å²) in [4.78, 5) is 5.01. The Bertz CT molecular complexity index is 79.3. The van der Waals surface area contributed by atoms with Crippen LogP contribution in [0.25, 0.3) is 0 Å². The Kier molecular flexibility index (Phi) is 3.76. The van der Waals surface area contributed by atoms with Crippen LogP contribution in [0.2, 0.25) is 0 Å². The first kappa shape index (κ1) is 8.02. The summed E-state index contributed by atoms with van der Waals surface area (Å²) < 4.78 is 0. The van der Waals surface area contributed by atoms with Crippen molar-refractivity contribution in [2.45, 2.75) is 38.1 Å². The van der Waals surface area contributed by atoms with Gasteiger partial charge < -0.3 is 4.84 Å². The molecular weight excluding hydrogens is 126 g/mol. The van der Waals surface area contributed by atoms with Crippen molar-refractivity contribution < 1.29 is 4.84 Å². The molecule has 0 aromatic rings. The molecule has 10 heavy (non-hydrogen) atoms. The van der Waals surface area contributed by atoms with Crippen molar-refractivity contribution in [3.8, 4) is 0 Å². The molecule has 1 N–H and O–H groups in total. The summed E-state index contributed by atoms with van der Waals surface area (Å²) in [5, 5.41) is 0. The molecule has 0 amide bonds. The molecule has 0 unspecified atom stereocenters. The molecule has 0 saturated heterocycles. The third-order valence-electron chi connectivity index (χ3n) is 1.96. The van der Waals surface area contributed by atoms with E-state index >= 15 is 0 Å². The van der Waals surface area contributed by atoms with Gasteiger partial charge in [0, 0.05) is 6.04 Å². The van der Waals surface area contributed by atoms with Crippen LogP contribution in [0.4, 0.5) is 0 Å². The number of hydrogen-bond donors (Lipinski definition) is 1. The summed E-state index contributed by atoms with van der Waals surface area (Å²) in [6.45, 7) is 4.11. The minimum atomic E-state index is 0.524. The maximum absolute atomic E-state index is 5.01. The average molecular weight is 142 g/mol. The van der Waals surface area contributed by atoms with Crippen LogP contribution in [0.1, 0.15) is 32.1 Å². The second-order valence-corrected chi connectivity index (χ2v) is 2.80. The van der Waals surface area contributed by atoms with E-state index in [0.717, 1.165) is 0 Å². The molecule has 1 rings (SSSR count). The van der Waals surface area contributed by atoms with E-state index in [1.165, 1.54) is 32.1 Å². The molecule has 0 aromatic heterocycles. The fourth-order valence-electron chi connectivity index (χ4n) is 1.40. The van der Waals surface area contributed by atoms with E-state index in [-0.39, 0.29) is 0 Å². The van der Waals surface area contributed by atoms with Crippen molar-refractivity contribution in [3.63, 3.8) is 0 Å². The van der Waals surface area contributed by atoms with Gasteiger partial charge in [0.15, 0.2) is 0 Å². The van der Waals surface area contributed by atoms with Crippen LogP contribution in [0.5, 0.6) is 0 Å². The van der Waals surface area contributed by atoms with Gasteiger partial charge in [0.1, 0.15) is 0 Å². The van der Waals surface area contributed by atoms with Gasteiger partial charge >= 0.3 is 0 Å². The fraction of sp³-hybridized carbons (Fsp3) is 0.875. The summed E-state index contributed by atoms with van der Waals surface area (Å²) in [7, 11) is 0. The lowest BCUT2D eigenvalue weighted by molar-refractivity contribution is 0.0239. The predicted molar refractivity (Wildman–Crippen MR) is 41.3 cm³/mol. The van der Waals surface area contributed by atoms with Gasteiger partial charge in [-0.05, 0) is 19.8 Å². The zero-order chi connectivity index (χ0) is 7.23. The molecule has 0 aliphatic heterocycles. The third-order valence-corrected chi connectivity index (χ3v) is 1.96. The van der Waals surface area contributed by atoms with Crippen molar-refractivity contribution in [2.75, 3.05) is 6.61 Å². The Hall–Kier alpha value is -0.0800. The molecule has 0 spiro atoms. The lowest BCUT2D eigenvalue weighted by Crippen LogP contribution is -2.30. The summed E-state index contributed by atoms with van der Waals surface area (Å²) in [5.74, 6) is 0. The molecule has 2 heteroatoms. The lowest BCUT2D eigenvalue weighted by Gasteiger charge is -2.21. The van der Waals surface area contributed by atoms with E-state index in [2.05, 4.69) is 12.4 Å².